The zero-order valence-corrected chi connectivity index (χ0v) is 23.1. The molecule has 0 saturated heterocycles. The number of benzene rings is 3. The third-order valence-corrected chi connectivity index (χ3v) is 8.23. The van der Waals surface area contributed by atoms with Gasteiger partial charge in [-0.15, -0.1) is 0 Å². The predicted octanol–water partition coefficient (Wildman–Crippen LogP) is 4.49. The van der Waals surface area contributed by atoms with Crippen LogP contribution >= 0.6 is 11.8 Å². The summed E-state index contributed by atoms with van der Waals surface area (Å²) in [5, 5.41) is 2.75. The van der Waals surface area contributed by atoms with E-state index in [1.165, 1.54) is 50.2 Å². The lowest BCUT2D eigenvalue weighted by Gasteiger charge is -2.24. The van der Waals surface area contributed by atoms with Gasteiger partial charge in [-0.25, -0.2) is 12.8 Å². The number of ether oxygens (including phenoxy) is 3. The van der Waals surface area contributed by atoms with Crippen LogP contribution in [-0.2, 0) is 20.6 Å². The summed E-state index contributed by atoms with van der Waals surface area (Å²) in [5.41, 5.74) is 0.888. The summed E-state index contributed by atoms with van der Waals surface area (Å²) in [7, 11) is -1.29. The van der Waals surface area contributed by atoms with Gasteiger partial charge in [0.25, 0.3) is 10.0 Å². The maximum Gasteiger partial charge on any atom is 0.264 e. The van der Waals surface area contributed by atoms with Crippen molar-refractivity contribution >= 4 is 33.4 Å². The molecule has 0 radical (unpaired) electrons. The molecule has 3 aromatic carbocycles. The van der Waals surface area contributed by atoms with E-state index in [0.717, 1.165) is 4.31 Å². The van der Waals surface area contributed by atoms with E-state index in [-0.39, 0.29) is 16.5 Å². The number of carbonyl (C=O) groups excluding carboxylic acids is 1. The summed E-state index contributed by atoms with van der Waals surface area (Å²) >= 11 is 1.47. The van der Waals surface area contributed by atoms with E-state index in [1.807, 2.05) is 6.92 Å². The lowest BCUT2D eigenvalue weighted by molar-refractivity contribution is -0.119. The molecule has 0 aliphatic rings. The number of hydrogen-bond acceptors (Lipinski definition) is 7. The number of hydrogen-bond donors (Lipinski definition) is 1. The second-order valence-corrected chi connectivity index (χ2v) is 10.9. The standard InChI is InChI=1S/C27H31FN2O6S2/c1-4-36-22-11-9-21(10-12-22)30(38(32,33)23-13-14-25(34-2)26(17-23)35-3)18-27(31)29-15-16-37-19-20-7-5-6-8-24(20)28/h5-14,17H,4,15-16,18-19H2,1-3H3,(H,29,31). The van der Waals surface area contributed by atoms with Crippen LogP contribution < -0.4 is 23.8 Å². The molecule has 1 amide bonds. The summed E-state index contributed by atoms with van der Waals surface area (Å²) < 4.78 is 58.1. The van der Waals surface area contributed by atoms with Crippen molar-refractivity contribution in [2.24, 2.45) is 0 Å². The average Bonchev–Trinajstić information content (AvgIpc) is 2.92. The molecule has 38 heavy (non-hydrogen) atoms. The number of anilines is 1. The second-order valence-electron chi connectivity index (χ2n) is 7.95. The van der Waals surface area contributed by atoms with E-state index >= 15 is 0 Å². The van der Waals surface area contributed by atoms with Crippen molar-refractivity contribution in [2.75, 3.05) is 44.0 Å². The molecule has 3 aromatic rings. The summed E-state index contributed by atoms with van der Waals surface area (Å²) in [6, 6.07) is 17.2. The molecule has 0 unspecified atom stereocenters. The molecule has 0 fully saturated rings. The van der Waals surface area contributed by atoms with Crippen molar-refractivity contribution in [3.63, 3.8) is 0 Å². The first-order valence-electron chi connectivity index (χ1n) is 11.9. The summed E-state index contributed by atoms with van der Waals surface area (Å²) in [5.74, 6) is 1.46. The lowest BCUT2D eigenvalue weighted by Crippen LogP contribution is -2.41. The maximum absolute atomic E-state index is 13.8. The minimum Gasteiger partial charge on any atom is -0.494 e. The van der Waals surface area contributed by atoms with Crippen LogP contribution in [0.15, 0.2) is 71.6 Å². The number of thioether (sulfide) groups is 1. The van der Waals surface area contributed by atoms with Crippen molar-refractivity contribution in [1.29, 1.82) is 0 Å². The fraction of sp³-hybridized carbons (Fsp3) is 0.296. The average molecular weight is 563 g/mol. The number of methoxy groups -OCH3 is 2. The van der Waals surface area contributed by atoms with E-state index in [2.05, 4.69) is 5.32 Å². The normalized spacial score (nSPS) is 11.1. The Kier molecular flexibility index (Phi) is 10.7. The fourth-order valence-corrected chi connectivity index (χ4v) is 5.82. The van der Waals surface area contributed by atoms with E-state index < -0.39 is 22.5 Å². The molecule has 0 saturated carbocycles. The number of amides is 1. The molecule has 0 heterocycles. The number of nitrogens with one attached hydrogen (secondary N) is 1. The van der Waals surface area contributed by atoms with Crippen LogP contribution in [0.1, 0.15) is 12.5 Å². The van der Waals surface area contributed by atoms with Crippen LogP contribution in [0.5, 0.6) is 17.2 Å². The van der Waals surface area contributed by atoms with Crippen molar-refractivity contribution in [3.8, 4) is 17.2 Å². The Hall–Kier alpha value is -3.44. The van der Waals surface area contributed by atoms with Crippen LogP contribution in [-0.4, -0.2) is 54.0 Å². The zero-order valence-electron chi connectivity index (χ0n) is 21.5. The Morgan fingerprint density at radius 2 is 1.71 bits per heavy atom. The number of halogens is 1. The smallest absolute Gasteiger partial charge is 0.264 e. The predicted molar refractivity (Wildman–Crippen MR) is 147 cm³/mol. The zero-order chi connectivity index (χ0) is 27.5. The van der Waals surface area contributed by atoms with Crippen LogP contribution in [0.4, 0.5) is 10.1 Å². The van der Waals surface area contributed by atoms with Crippen LogP contribution in [0, 0.1) is 5.82 Å². The Labute approximate surface area is 227 Å². The van der Waals surface area contributed by atoms with Crippen LogP contribution in [0.2, 0.25) is 0 Å². The molecule has 0 spiro atoms. The van der Waals surface area contributed by atoms with Crippen LogP contribution in [0.25, 0.3) is 0 Å². The number of rotatable bonds is 14. The van der Waals surface area contributed by atoms with Gasteiger partial charge in [-0.1, -0.05) is 18.2 Å². The second kappa shape index (κ2) is 13.9. The summed E-state index contributed by atoms with van der Waals surface area (Å²) in [6.45, 7) is 2.17. The molecule has 3 rings (SSSR count). The topological polar surface area (TPSA) is 94.2 Å². The van der Waals surface area contributed by atoms with E-state index in [0.29, 0.717) is 47.4 Å². The first-order chi connectivity index (χ1) is 18.3. The molecular formula is C27H31FN2O6S2. The van der Waals surface area contributed by atoms with Gasteiger partial charge in [-0.05, 0) is 55.0 Å². The van der Waals surface area contributed by atoms with E-state index in [4.69, 9.17) is 14.2 Å². The minimum absolute atomic E-state index is 0.0581. The third kappa shape index (κ3) is 7.55. The minimum atomic E-state index is -4.16. The molecule has 11 heteroatoms. The van der Waals surface area contributed by atoms with Gasteiger partial charge in [0.1, 0.15) is 18.1 Å². The van der Waals surface area contributed by atoms with Crippen LogP contribution in [0.3, 0.4) is 0 Å². The van der Waals surface area contributed by atoms with Crippen molar-refractivity contribution in [1.82, 2.24) is 5.32 Å². The highest BCUT2D eigenvalue weighted by Gasteiger charge is 2.28. The van der Waals surface area contributed by atoms with Crippen molar-refractivity contribution in [2.45, 2.75) is 17.6 Å². The summed E-state index contributed by atoms with van der Waals surface area (Å²) in [6.07, 6.45) is 0. The molecule has 8 nitrogen and oxygen atoms in total. The van der Waals surface area contributed by atoms with Gasteiger partial charge in [0.15, 0.2) is 11.5 Å². The largest absolute Gasteiger partial charge is 0.494 e. The molecule has 0 atom stereocenters. The molecule has 1 N–H and O–H groups in total. The number of sulfonamides is 1. The van der Waals surface area contributed by atoms with Gasteiger partial charge in [-0.2, -0.15) is 11.8 Å². The Morgan fingerprint density at radius 1 is 1.00 bits per heavy atom. The first-order valence-corrected chi connectivity index (χ1v) is 14.4. The quantitative estimate of drug-likeness (QED) is 0.290. The Balaban J connectivity index is 1.74. The SMILES string of the molecule is CCOc1ccc(N(CC(=O)NCCSCc2ccccc2F)S(=O)(=O)c2ccc(OC)c(OC)c2)cc1. The fourth-order valence-electron chi connectivity index (χ4n) is 3.54. The third-order valence-electron chi connectivity index (χ3n) is 5.45. The lowest BCUT2D eigenvalue weighted by atomic mass is 10.2. The van der Waals surface area contributed by atoms with E-state index in [1.54, 1.807) is 42.5 Å². The van der Waals surface area contributed by atoms with Gasteiger partial charge in [0.2, 0.25) is 5.91 Å². The molecule has 0 aliphatic carbocycles. The van der Waals surface area contributed by atoms with E-state index in [9.17, 15) is 17.6 Å². The Bertz CT molecular complexity index is 1320. The first kappa shape index (κ1) is 29.1. The number of carbonyl (C=O) groups is 1. The molecule has 0 aromatic heterocycles. The maximum atomic E-state index is 13.8. The highest BCUT2D eigenvalue weighted by molar-refractivity contribution is 7.98. The number of nitrogens with zero attached hydrogens (tertiary/aromatic N) is 1. The Morgan fingerprint density at radius 3 is 2.37 bits per heavy atom. The van der Waals surface area contributed by atoms with Gasteiger partial charge in [-0.3, -0.25) is 9.10 Å². The highest BCUT2D eigenvalue weighted by atomic mass is 32.2. The van der Waals surface area contributed by atoms with Crippen molar-refractivity contribution < 1.29 is 31.8 Å². The summed E-state index contributed by atoms with van der Waals surface area (Å²) in [4.78, 5) is 12.8. The van der Waals surface area contributed by atoms with Gasteiger partial charge >= 0.3 is 0 Å². The molecule has 0 bridgehead atoms. The molecule has 204 valence electrons. The monoisotopic (exact) mass is 562 g/mol. The van der Waals surface area contributed by atoms with Gasteiger partial charge in [0.05, 0.1) is 31.4 Å². The highest BCUT2D eigenvalue weighted by Crippen LogP contribution is 2.32. The van der Waals surface area contributed by atoms with Gasteiger partial charge < -0.3 is 19.5 Å². The molecule has 0 aliphatic heterocycles. The van der Waals surface area contributed by atoms with Crippen molar-refractivity contribution in [3.05, 3.63) is 78.1 Å². The van der Waals surface area contributed by atoms with Gasteiger partial charge in [0, 0.05) is 24.1 Å². The molecular weight excluding hydrogens is 531 g/mol.